The Morgan fingerprint density at radius 1 is 0.691 bits per heavy atom. The second kappa shape index (κ2) is 27.1. The van der Waals surface area contributed by atoms with Gasteiger partial charge in [-0.05, 0) is 146 Å². The summed E-state index contributed by atoms with van der Waals surface area (Å²) in [7, 11) is 0. The first-order valence-electron chi connectivity index (χ1n) is 29.2. The highest BCUT2D eigenvalue weighted by molar-refractivity contribution is 5.99. The lowest BCUT2D eigenvalue weighted by atomic mass is 9.81. The molecular weight excluding hydrogens is 887 g/mol. The van der Waals surface area contributed by atoms with Crippen molar-refractivity contribution in [1.29, 1.82) is 0 Å². The van der Waals surface area contributed by atoms with Crippen LogP contribution in [-0.2, 0) is 54.4 Å². The Kier molecular flexibility index (Phi) is 15.0. The Balaban J connectivity index is 0.000000283. The molecule has 2 fully saturated rings. The van der Waals surface area contributed by atoms with Crippen LogP contribution in [0.3, 0.4) is 0 Å². The molecule has 0 aliphatic heterocycles. The summed E-state index contributed by atoms with van der Waals surface area (Å²) in [5, 5.41) is 23.0. The highest BCUT2D eigenvalue weighted by atomic mass is 19.4. The number of oxime groups is 1. The monoisotopic (exact) mass is 969 g/mol. The summed E-state index contributed by atoms with van der Waals surface area (Å²) in [6, 6.07) is 15.1. The summed E-state index contributed by atoms with van der Waals surface area (Å²) >= 11 is 0. The Hall–Kier alpha value is -5.21. The number of rotatable bonds is 15. The number of nitrogens with zero attached hydrogens (tertiary/aromatic N) is 2. The van der Waals surface area contributed by atoms with Gasteiger partial charge in [-0.15, -0.1) is 0 Å². The van der Waals surface area contributed by atoms with E-state index in [1.54, 1.807) is 19.1 Å². The molecule has 6 rings (SSSR count). The molecule has 2 saturated carbocycles. The molecule has 68 heavy (non-hydrogen) atoms. The Bertz CT molecular complexity index is 2850. The Morgan fingerprint density at radius 2 is 1.21 bits per heavy atom. The van der Waals surface area contributed by atoms with Gasteiger partial charge in [0, 0.05) is 31.9 Å². The molecule has 8 nitrogen and oxygen atoms in total. The summed E-state index contributed by atoms with van der Waals surface area (Å²) in [6.07, 6.45) is -5.77. The number of benzene rings is 4. The predicted octanol–water partition coefficient (Wildman–Crippen LogP) is 14.2. The number of ketones is 1. The number of hydrogen-bond donors (Lipinski definition) is 2. The third-order valence-corrected chi connectivity index (χ3v) is 11.5. The van der Waals surface area contributed by atoms with Gasteiger partial charge in [-0.25, -0.2) is 0 Å². The standard InChI is InChI=1S/C25H30F3NO2.C18H24F3NO2.C11H14O2/c1-3-18-13-20(9-10-21(18)15-30)17(2)29-16-31-22-11-12-23(19-7-5-4-6-8-19)24(14-22)25(26,27)28;1-3-23-13(2)22-24-12-14-9-10-16(15-7-5-4-6-8-15)17(11-14)18(19,20)21;1-3-9-6-10(8(2)13)4-5-11(9)7-12/h9-14,19,30H,3-8,15-16H2,1-2H3;9-11,15H,3-8,12H2,1-2H3;4-6,12H,3,7H2,1-2H3/b;22-13-;/i1D3,3D2,15D2;;1D3,3D2,7D2. The molecule has 0 saturated heterocycles. The van der Waals surface area contributed by atoms with Crippen LogP contribution >= 0.6 is 0 Å². The summed E-state index contributed by atoms with van der Waals surface area (Å²) < 4.78 is 198. The van der Waals surface area contributed by atoms with Crippen LogP contribution in [0.2, 0.25) is 0 Å². The largest absolute Gasteiger partial charge is 0.479 e. The lowest BCUT2D eigenvalue weighted by Gasteiger charge is -2.25. The lowest BCUT2D eigenvalue weighted by Crippen LogP contribution is -2.15. The van der Waals surface area contributed by atoms with E-state index in [9.17, 15) is 41.4 Å². The van der Waals surface area contributed by atoms with Gasteiger partial charge in [-0.1, -0.05) is 99.8 Å². The molecule has 2 aliphatic rings. The summed E-state index contributed by atoms with van der Waals surface area (Å²) in [4.78, 5) is 20.6. The molecular formula is C54H68F6N2O6. The van der Waals surface area contributed by atoms with E-state index in [4.69, 9.17) is 33.5 Å². The zero-order valence-corrected chi connectivity index (χ0v) is 38.5. The van der Waals surface area contributed by atoms with Crippen molar-refractivity contribution in [2.24, 2.45) is 10.1 Å². The number of hydrogen-bond acceptors (Lipinski definition) is 8. The van der Waals surface area contributed by atoms with Gasteiger partial charge in [-0.3, -0.25) is 9.79 Å². The maximum Gasteiger partial charge on any atom is 0.416 e. The molecule has 0 amide bonds. The molecule has 2 aliphatic carbocycles. The van der Waals surface area contributed by atoms with Crippen LogP contribution in [0.4, 0.5) is 26.3 Å². The topological polar surface area (TPSA) is 110 Å². The van der Waals surface area contributed by atoms with Crippen LogP contribution in [0.25, 0.3) is 0 Å². The van der Waals surface area contributed by atoms with Gasteiger partial charge in [0.05, 0.1) is 36.3 Å². The van der Waals surface area contributed by atoms with Gasteiger partial charge >= 0.3 is 12.4 Å². The molecule has 4 aromatic rings. The van der Waals surface area contributed by atoms with Crippen molar-refractivity contribution in [2.75, 3.05) is 13.3 Å². The Labute approximate surface area is 417 Å². The fourth-order valence-corrected chi connectivity index (χ4v) is 8.01. The van der Waals surface area contributed by atoms with Crippen LogP contribution in [0.15, 0.2) is 82.9 Å². The zero-order chi connectivity index (χ0) is 62.0. The number of aliphatic hydroxyl groups is 2. The van der Waals surface area contributed by atoms with Crippen molar-refractivity contribution in [3.05, 3.63) is 134 Å². The van der Waals surface area contributed by atoms with E-state index in [1.807, 2.05) is 6.92 Å². The number of Topliss-reactive ketones (excluding diaryl/α,β-unsaturated/α-hetero) is 1. The van der Waals surface area contributed by atoms with Crippen molar-refractivity contribution in [3.8, 4) is 5.75 Å². The van der Waals surface area contributed by atoms with Crippen LogP contribution < -0.4 is 4.74 Å². The van der Waals surface area contributed by atoms with E-state index in [1.165, 1.54) is 44.2 Å². The first-order valence-corrected chi connectivity index (χ1v) is 22.2. The highest BCUT2D eigenvalue weighted by Gasteiger charge is 2.37. The van der Waals surface area contributed by atoms with Crippen molar-refractivity contribution >= 4 is 17.4 Å². The minimum absolute atomic E-state index is 0.00330. The van der Waals surface area contributed by atoms with Crippen LogP contribution in [0, 0.1) is 0 Å². The van der Waals surface area contributed by atoms with E-state index >= 15 is 0 Å². The number of ether oxygens (including phenoxy) is 2. The Morgan fingerprint density at radius 3 is 1.71 bits per heavy atom. The first-order chi connectivity index (χ1) is 37.6. The smallest absolute Gasteiger partial charge is 0.416 e. The van der Waals surface area contributed by atoms with Gasteiger partial charge in [0.25, 0.3) is 0 Å². The van der Waals surface area contributed by atoms with Crippen LogP contribution in [-0.4, -0.2) is 40.9 Å². The average molecular weight is 969 g/mol. The molecule has 14 heteroatoms. The molecule has 0 unspecified atom stereocenters. The predicted molar refractivity (Wildman–Crippen MR) is 255 cm³/mol. The summed E-state index contributed by atoms with van der Waals surface area (Å²) in [6.45, 7) is -5.87. The van der Waals surface area contributed by atoms with E-state index in [0.29, 0.717) is 36.5 Å². The number of aliphatic imine (C=N–C) groups is 1. The third kappa shape index (κ3) is 16.8. The molecule has 0 bridgehead atoms. The summed E-state index contributed by atoms with van der Waals surface area (Å²) in [5.41, 5.74) is -1.79. The van der Waals surface area contributed by atoms with Crippen molar-refractivity contribution in [2.45, 2.75) is 162 Å². The zero-order valence-electron chi connectivity index (χ0n) is 52.5. The number of halogens is 6. The minimum atomic E-state index is -4.54. The van der Waals surface area contributed by atoms with E-state index in [-0.39, 0.29) is 53.3 Å². The summed E-state index contributed by atoms with van der Waals surface area (Å²) in [5.74, 6) is -0.224. The second-order valence-corrected chi connectivity index (χ2v) is 16.2. The van der Waals surface area contributed by atoms with Crippen molar-refractivity contribution in [1.82, 2.24) is 0 Å². The molecule has 0 aromatic heterocycles. The van der Waals surface area contributed by atoms with Crippen LogP contribution in [0.1, 0.15) is 203 Å². The highest BCUT2D eigenvalue weighted by Crippen LogP contribution is 2.43. The van der Waals surface area contributed by atoms with Gasteiger partial charge in [0.1, 0.15) is 12.4 Å². The number of carbonyl (C=O) groups is 1. The van der Waals surface area contributed by atoms with Gasteiger partial charge < -0.3 is 24.5 Å². The minimum Gasteiger partial charge on any atom is -0.479 e. The van der Waals surface area contributed by atoms with Crippen molar-refractivity contribution < 1.29 is 74.9 Å². The SMILES string of the molecule is CCO/C(C)=N\OCc1ccc(C2CCCCC2)c(C(F)(F)F)c1.[2H]C([2H])(O)c1ccc(C(C)=NCOc2ccc(C3CCCCC3)c(C(F)(F)F)c2)cc1C([2H])([2H])C([2H])([2H])[2H].[2H]C([2H])(O)c1ccc(C(C)=O)cc1C([2H])([2H])C([2H])([2H])[2H]. The van der Waals surface area contributed by atoms with Gasteiger partial charge in [0.15, 0.2) is 12.5 Å². The average Bonchev–Trinajstić information content (AvgIpc) is 3.58. The fourth-order valence-electron chi connectivity index (χ4n) is 8.01. The molecule has 0 spiro atoms. The number of aryl methyl sites for hydroxylation is 2. The van der Waals surface area contributed by atoms with E-state index < -0.39 is 91.1 Å². The van der Waals surface area contributed by atoms with Crippen molar-refractivity contribution in [3.63, 3.8) is 0 Å². The van der Waals surface area contributed by atoms with Crippen LogP contribution in [0.5, 0.6) is 5.75 Å². The fraction of sp³-hybridized carbons (Fsp3) is 0.500. The molecule has 2 N–H and O–H groups in total. The maximum absolute atomic E-state index is 13.8. The number of alkyl halides is 6. The first kappa shape index (κ1) is 37.7. The second-order valence-electron chi connectivity index (χ2n) is 16.2. The molecule has 0 radical (unpaired) electrons. The van der Waals surface area contributed by atoms with E-state index in [2.05, 4.69) is 10.1 Å². The normalized spacial score (nSPS) is 19.4. The maximum atomic E-state index is 13.8. The van der Waals surface area contributed by atoms with E-state index in [0.717, 1.165) is 81.7 Å². The molecule has 372 valence electrons. The third-order valence-electron chi connectivity index (χ3n) is 11.5. The number of carbonyl (C=O) groups excluding carboxylic acids is 1. The van der Waals surface area contributed by atoms with Gasteiger partial charge in [-0.2, -0.15) is 26.3 Å². The van der Waals surface area contributed by atoms with Gasteiger partial charge in [0.2, 0.25) is 5.90 Å². The molecule has 4 aromatic carbocycles. The lowest BCUT2D eigenvalue weighted by molar-refractivity contribution is -0.139. The molecule has 0 heterocycles. The molecule has 0 atom stereocenters. The quantitative estimate of drug-likeness (QED) is 0.0404.